The molecule has 0 aliphatic rings. The van der Waals surface area contributed by atoms with Crippen molar-refractivity contribution < 1.29 is 19.2 Å². The number of nitro groups is 1. The Bertz CT molecular complexity index is 803. The van der Waals surface area contributed by atoms with E-state index in [1.54, 1.807) is 20.1 Å². The zero-order valence-electron chi connectivity index (χ0n) is 15.9. The summed E-state index contributed by atoms with van der Waals surface area (Å²) < 4.78 is 10.6. The minimum absolute atomic E-state index is 0.0196. The average molecular weight is 372 g/mol. The van der Waals surface area contributed by atoms with E-state index in [0.29, 0.717) is 11.3 Å². The lowest BCUT2D eigenvalue weighted by atomic mass is 9.96. The van der Waals surface area contributed by atoms with E-state index >= 15 is 0 Å². The zero-order chi connectivity index (χ0) is 20.0. The lowest BCUT2D eigenvalue weighted by Gasteiger charge is -2.23. The Hall–Kier alpha value is -3.09. The van der Waals surface area contributed by atoms with Gasteiger partial charge in [-0.1, -0.05) is 26.0 Å². The third kappa shape index (κ3) is 5.44. The van der Waals surface area contributed by atoms with E-state index in [9.17, 15) is 14.9 Å². The summed E-state index contributed by atoms with van der Waals surface area (Å²) in [5.41, 5.74) is 1.48. The van der Waals surface area contributed by atoms with Crippen molar-refractivity contribution in [1.29, 1.82) is 0 Å². The minimum atomic E-state index is -0.450. The van der Waals surface area contributed by atoms with Gasteiger partial charge in [-0.3, -0.25) is 14.9 Å². The summed E-state index contributed by atoms with van der Waals surface area (Å²) in [7, 11) is 1.61. The fourth-order valence-corrected chi connectivity index (χ4v) is 2.73. The molecule has 0 aliphatic carbocycles. The standard InChI is InChI=1S/C20H24N2O5/c1-13(2)20(15-5-7-16(26-4)8-6-15)21-19(23)12-27-17-9-10-18(22(24)25)14(3)11-17/h5-11,13,20H,12H2,1-4H3,(H,21,23). The molecule has 0 aliphatic heterocycles. The van der Waals surface area contributed by atoms with Gasteiger partial charge in [-0.05, 0) is 42.7 Å². The molecular weight excluding hydrogens is 348 g/mol. The minimum Gasteiger partial charge on any atom is -0.497 e. The van der Waals surface area contributed by atoms with Crippen molar-refractivity contribution in [2.75, 3.05) is 13.7 Å². The smallest absolute Gasteiger partial charge is 0.272 e. The first-order chi connectivity index (χ1) is 12.8. The predicted octanol–water partition coefficient (Wildman–Crippen LogP) is 3.80. The number of hydrogen-bond donors (Lipinski definition) is 1. The van der Waals surface area contributed by atoms with Gasteiger partial charge in [-0.2, -0.15) is 0 Å². The maximum Gasteiger partial charge on any atom is 0.272 e. The highest BCUT2D eigenvalue weighted by Crippen LogP contribution is 2.25. The summed E-state index contributed by atoms with van der Waals surface area (Å²) >= 11 is 0. The van der Waals surface area contributed by atoms with Crippen molar-refractivity contribution in [2.45, 2.75) is 26.8 Å². The molecule has 1 N–H and O–H groups in total. The van der Waals surface area contributed by atoms with Crippen LogP contribution in [0.4, 0.5) is 5.69 Å². The molecule has 0 heterocycles. The molecule has 2 aromatic carbocycles. The maximum absolute atomic E-state index is 12.3. The van der Waals surface area contributed by atoms with Crippen molar-refractivity contribution in [3.8, 4) is 11.5 Å². The van der Waals surface area contributed by atoms with Crippen LogP contribution >= 0.6 is 0 Å². The maximum atomic E-state index is 12.3. The highest BCUT2D eigenvalue weighted by atomic mass is 16.6. The van der Waals surface area contributed by atoms with Gasteiger partial charge in [0.05, 0.1) is 18.1 Å². The average Bonchev–Trinajstić information content (AvgIpc) is 2.64. The third-order valence-corrected chi connectivity index (χ3v) is 4.19. The Labute approximate surface area is 158 Å². The molecule has 0 saturated carbocycles. The molecule has 0 radical (unpaired) electrons. The molecule has 0 aromatic heterocycles. The van der Waals surface area contributed by atoms with Crippen molar-refractivity contribution in [2.24, 2.45) is 5.92 Å². The van der Waals surface area contributed by atoms with Crippen LogP contribution in [-0.4, -0.2) is 24.5 Å². The van der Waals surface area contributed by atoms with Crippen molar-refractivity contribution >= 4 is 11.6 Å². The van der Waals surface area contributed by atoms with Gasteiger partial charge < -0.3 is 14.8 Å². The molecule has 7 heteroatoms. The van der Waals surface area contributed by atoms with Crippen LogP contribution < -0.4 is 14.8 Å². The Morgan fingerprint density at radius 3 is 2.30 bits per heavy atom. The van der Waals surface area contributed by atoms with E-state index in [1.807, 2.05) is 38.1 Å². The fraction of sp³-hybridized carbons (Fsp3) is 0.350. The SMILES string of the molecule is COc1ccc(C(NC(=O)COc2ccc([N+](=O)[O-])c(C)c2)C(C)C)cc1. The van der Waals surface area contributed by atoms with Gasteiger partial charge in [0, 0.05) is 11.6 Å². The van der Waals surface area contributed by atoms with Crippen LogP contribution in [0.25, 0.3) is 0 Å². The van der Waals surface area contributed by atoms with Crippen LogP contribution in [0.15, 0.2) is 42.5 Å². The summed E-state index contributed by atoms with van der Waals surface area (Å²) in [5, 5.41) is 13.8. The van der Waals surface area contributed by atoms with Gasteiger partial charge in [-0.15, -0.1) is 0 Å². The third-order valence-electron chi connectivity index (χ3n) is 4.19. The highest BCUT2D eigenvalue weighted by molar-refractivity contribution is 5.78. The highest BCUT2D eigenvalue weighted by Gasteiger charge is 2.19. The van der Waals surface area contributed by atoms with Crippen LogP contribution in [0.2, 0.25) is 0 Å². The number of hydrogen-bond acceptors (Lipinski definition) is 5. The monoisotopic (exact) mass is 372 g/mol. The molecule has 0 spiro atoms. The molecule has 1 atom stereocenters. The Morgan fingerprint density at radius 2 is 1.78 bits per heavy atom. The molecule has 0 saturated heterocycles. The molecule has 1 unspecified atom stereocenters. The van der Waals surface area contributed by atoms with Crippen LogP contribution in [0, 0.1) is 23.0 Å². The number of carbonyl (C=O) groups is 1. The number of rotatable bonds is 8. The number of nitro benzene ring substituents is 1. The van der Waals surface area contributed by atoms with Gasteiger partial charge in [-0.25, -0.2) is 0 Å². The lowest BCUT2D eigenvalue weighted by Crippen LogP contribution is -2.35. The number of ether oxygens (including phenoxy) is 2. The largest absolute Gasteiger partial charge is 0.497 e. The predicted molar refractivity (Wildman–Crippen MR) is 102 cm³/mol. The fourth-order valence-electron chi connectivity index (χ4n) is 2.73. The molecule has 7 nitrogen and oxygen atoms in total. The van der Waals surface area contributed by atoms with E-state index in [4.69, 9.17) is 9.47 Å². The van der Waals surface area contributed by atoms with Crippen molar-refractivity contribution in [3.05, 3.63) is 63.7 Å². The summed E-state index contributed by atoms with van der Waals surface area (Å²) in [6.07, 6.45) is 0. The van der Waals surface area contributed by atoms with Gasteiger partial charge in [0.2, 0.25) is 0 Å². The van der Waals surface area contributed by atoms with Crippen LogP contribution in [-0.2, 0) is 4.79 Å². The summed E-state index contributed by atoms with van der Waals surface area (Å²) in [6, 6.07) is 11.8. The first kappa shape index (κ1) is 20.2. The van der Waals surface area contributed by atoms with Crippen LogP contribution in [0.3, 0.4) is 0 Å². The number of aryl methyl sites for hydroxylation is 1. The number of methoxy groups -OCH3 is 1. The quantitative estimate of drug-likeness (QED) is 0.562. The van der Waals surface area contributed by atoms with Gasteiger partial charge in [0.25, 0.3) is 11.6 Å². The number of benzene rings is 2. The lowest BCUT2D eigenvalue weighted by molar-refractivity contribution is -0.385. The summed E-state index contributed by atoms with van der Waals surface area (Å²) in [5.74, 6) is 1.09. The number of nitrogens with one attached hydrogen (secondary N) is 1. The summed E-state index contributed by atoms with van der Waals surface area (Å²) in [6.45, 7) is 5.51. The molecule has 2 aromatic rings. The first-order valence-corrected chi connectivity index (χ1v) is 8.63. The topological polar surface area (TPSA) is 90.7 Å². The van der Waals surface area contributed by atoms with Crippen LogP contribution in [0.1, 0.15) is 31.0 Å². The van der Waals surface area contributed by atoms with Gasteiger partial charge in [0.15, 0.2) is 6.61 Å². The van der Waals surface area contributed by atoms with Gasteiger partial charge >= 0.3 is 0 Å². The normalized spacial score (nSPS) is 11.7. The first-order valence-electron chi connectivity index (χ1n) is 8.63. The Kier molecular flexibility index (Phi) is 6.76. The number of amides is 1. The molecule has 0 bridgehead atoms. The molecule has 1 amide bonds. The molecular formula is C20H24N2O5. The van der Waals surface area contributed by atoms with Crippen molar-refractivity contribution in [3.63, 3.8) is 0 Å². The molecule has 2 rings (SSSR count). The summed E-state index contributed by atoms with van der Waals surface area (Å²) in [4.78, 5) is 22.7. The van der Waals surface area contributed by atoms with E-state index in [-0.39, 0.29) is 30.2 Å². The second-order valence-electron chi connectivity index (χ2n) is 6.56. The van der Waals surface area contributed by atoms with Crippen molar-refractivity contribution in [1.82, 2.24) is 5.32 Å². The molecule has 0 fully saturated rings. The number of carbonyl (C=O) groups excluding carboxylic acids is 1. The Balaban J connectivity index is 1.99. The molecule has 144 valence electrons. The van der Waals surface area contributed by atoms with Crippen LogP contribution in [0.5, 0.6) is 11.5 Å². The molecule has 27 heavy (non-hydrogen) atoms. The second kappa shape index (κ2) is 9.02. The number of nitrogens with zero attached hydrogens (tertiary/aromatic N) is 1. The van der Waals surface area contributed by atoms with E-state index in [2.05, 4.69) is 5.32 Å². The zero-order valence-corrected chi connectivity index (χ0v) is 15.9. The van der Waals surface area contributed by atoms with E-state index < -0.39 is 4.92 Å². The van der Waals surface area contributed by atoms with E-state index in [1.165, 1.54) is 12.1 Å². The van der Waals surface area contributed by atoms with E-state index in [0.717, 1.165) is 11.3 Å². The second-order valence-corrected chi connectivity index (χ2v) is 6.56. The Morgan fingerprint density at radius 1 is 1.15 bits per heavy atom. The van der Waals surface area contributed by atoms with Gasteiger partial charge in [0.1, 0.15) is 11.5 Å².